The second-order valence-electron chi connectivity index (χ2n) is 6.62. The SMILES string of the molecule is COc1ccc(C)cc1CCNC(=O)c1ccc(S(=O)(=O)NC(C)C)cc1. The summed E-state index contributed by atoms with van der Waals surface area (Å²) in [6.07, 6.45) is 0.640. The topological polar surface area (TPSA) is 84.5 Å². The van der Waals surface area contributed by atoms with Crippen LogP contribution in [-0.4, -0.2) is 34.0 Å². The maximum atomic E-state index is 12.3. The normalized spacial score (nSPS) is 11.4. The number of amides is 1. The van der Waals surface area contributed by atoms with Crippen molar-refractivity contribution >= 4 is 15.9 Å². The van der Waals surface area contributed by atoms with E-state index in [9.17, 15) is 13.2 Å². The van der Waals surface area contributed by atoms with Crippen molar-refractivity contribution < 1.29 is 17.9 Å². The van der Waals surface area contributed by atoms with Gasteiger partial charge in [0, 0.05) is 18.2 Å². The minimum atomic E-state index is -3.56. The average molecular weight is 391 g/mol. The predicted octanol–water partition coefficient (Wildman–Crippen LogP) is 2.66. The lowest BCUT2D eigenvalue weighted by Gasteiger charge is -2.11. The molecule has 0 unspecified atom stereocenters. The number of sulfonamides is 1. The van der Waals surface area contributed by atoms with Crippen molar-refractivity contribution in [3.8, 4) is 5.75 Å². The number of rotatable bonds is 8. The van der Waals surface area contributed by atoms with Crippen LogP contribution in [0.3, 0.4) is 0 Å². The van der Waals surface area contributed by atoms with Gasteiger partial charge in [-0.1, -0.05) is 17.7 Å². The number of hydrogen-bond acceptors (Lipinski definition) is 4. The molecule has 0 fully saturated rings. The molecule has 0 aliphatic carbocycles. The first-order valence-electron chi connectivity index (χ1n) is 8.77. The van der Waals surface area contributed by atoms with Gasteiger partial charge in [0.2, 0.25) is 10.0 Å². The lowest BCUT2D eigenvalue weighted by molar-refractivity contribution is 0.0954. The molecule has 0 aromatic heterocycles. The van der Waals surface area contributed by atoms with Gasteiger partial charge in [-0.05, 0) is 63.1 Å². The lowest BCUT2D eigenvalue weighted by atomic mass is 10.1. The smallest absolute Gasteiger partial charge is 0.251 e. The molecule has 0 saturated carbocycles. The van der Waals surface area contributed by atoms with Crippen LogP contribution in [0.15, 0.2) is 47.4 Å². The molecular weight excluding hydrogens is 364 g/mol. The Hall–Kier alpha value is -2.38. The number of nitrogens with one attached hydrogen (secondary N) is 2. The van der Waals surface area contributed by atoms with Crippen LogP contribution < -0.4 is 14.8 Å². The van der Waals surface area contributed by atoms with Crippen LogP contribution >= 0.6 is 0 Å². The highest BCUT2D eigenvalue weighted by Gasteiger charge is 2.16. The fourth-order valence-electron chi connectivity index (χ4n) is 2.68. The monoisotopic (exact) mass is 390 g/mol. The van der Waals surface area contributed by atoms with E-state index in [-0.39, 0.29) is 16.8 Å². The van der Waals surface area contributed by atoms with Gasteiger partial charge in [-0.25, -0.2) is 13.1 Å². The molecule has 1 amide bonds. The molecule has 27 heavy (non-hydrogen) atoms. The predicted molar refractivity (Wildman–Crippen MR) is 106 cm³/mol. The maximum absolute atomic E-state index is 12.3. The first-order valence-corrected chi connectivity index (χ1v) is 10.3. The molecule has 0 bridgehead atoms. The summed E-state index contributed by atoms with van der Waals surface area (Å²) in [6, 6.07) is 11.6. The summed E-state index contributed by atoms with van der Waals surface area (Å²) in [6.45, 7) is 5.96. The summed E-state index contributed by atoms with van der Waals surface area (Å²) in [5.74, 6) is 0.546. The molecule has 146 valence electrons. The molecule has 0 aliphatic rings. The van der Waals surface area contributed by atoms with E-state index >= 15 is 0 Å². The largest absolute Gasteiger partial charge is 0.496 e. The fourth-order valence-corrected chi connectivity index (χ4v) is 3.93. The second kappa shape index (κ2) is 9.01. The number of methoxy groups -OCH3 is 1. The van der Waals surface area contributed by atoms with Crippen molar-refractivity contribution in [3.05, 3.63) is 59.2 Å². The number of carbonyl (C=O) groups is 1. The zero-order valence-corrected chi connectivity index (χ0v) is 16.9. The van der Waals surface area contributed by atoms with Gasteiger partial charge in [-0.2, -0.15) is 0 Å². The summed E-state index contributed by atoms with van der Waals surface area (Å²) >= 11 is 0. The first-order chi connectivity index (χ1) is 12.7. The first kappa shape index (κ1) is 20.9. The van der Waals surface area contributed by atoms with E-state index in [4.69, 9.17) is 4.74 Å². The number of hydrogen-bond donors (Lipinski definition) is 2. The van der Waals surface area contributed by atoms with Crippen LogP contribution in [0, 0.1) is 6.92 Å². The molecule has 2 aromatic carbocycles. The zero-order chi connectivity index (χ0) is 20.0. The summed E-state index contributed by atoms with van der Waals surface area (Å²) < 4.78 is 32.1. The molecule has 0 saturated heterocycles. The molecule has 2 rings (SSSR count). The fraction of sp³-hybridized carbons (Fsp3) is 0.350. The van der Waals surface area contributed by atoms with E-state index in [0.717, 1.165) is 16.9 Å². The molecule has 0 spiro atoms. The summed E-state index contributed by atoms with van der Waals surface area (Å²) in [5, 5.41) is 2.85. The Morgan fingerprint density at radius 1 is 1.11 bits per heavy atom. The van der Waals surface area contributed by atoms with Gasteiger partial charge in [0.25, 0.3) is 5.91 Å². The van der Waals surface area contributed by atoms with Crippen LogP contribution in [0.2, 0.25) is 0 Å². The Bertz CT molecular complexity index is 891. The van der Waals surface area contributed by atoms with Crippen molar-refractivity contribution in [2.45, 2.75) is 38.1 Å². The maximum Gasteiger partial charge on any atom is 0.251 e. The van der Waals surface area contributed by atoms with Crippen molar-refractivity contribution in [1.82, 2.24) is 10.0 Å². The van der Waals surface area contributed by atoms with E-state index in [2.05, 4.69) is 10.0 Å². The number of benzene rings is 2. The van der Waals surface area contributed by atoms with E-state index < -0.39 is 10.0 Å². The molecule has 0 aliphatic heterocycles. The number of carbonyl (C=O) groups excluding carboxylic acids is 1. The molecule has 0 radical (unpaired) electrons. The van der Waals surface area contributed by atoms with Crippen LogP contribution in [0.25, 0.3) is 0 Å². The van der Waals surface area contributed by atoms with Gasteiger partial charge in [0.15, 0.2) is 0 Å². The Balaban J connectivity index is 1.98. The standard InChI is InChI=1S/C20H26N2O4S/c1-14(2)22-27(24,25)18-8-6-16(7-9-18)20(23)21-12-11-17-13-15(3)5-10-19(17)26-4/h5-10,13-14,22H,11-12H2,1-4H3,(H,21,23). The molecule has 6 nitrogen and oxygen atoms in total. The number of aryl methyl sites for hydroxylation is 1. The van der Waals surface area contributed by atoms with Crippen LogP contribution in [0.1, 0.15) is 35.3 Å². The van der Waals surface area contributed by atoms with Crippen LogP contribution in [0.5, 0.6) is 5.75 Å². The molecule has 2 N–H and O–H groups in total. The average Bonchev–Trinajstić information content (AvgIpc) is 2.61. The highest BCUT2D eigenvalue weighted by atomic mass is 32.2. The molecular formula is C20H26N2O4S. The third-order valence-corrected chi connectivity index (χ3v) is 5.61. The molecule has 7 heteroatoms. The Morgan fingerprint density at radius 2 is 1.78 bits per heavy atom. The van der Waals surface area contributed by atoms with Crippen LogP contribution in [-0.2, 0) is 16.4 Å². The molecule has 0 heterocycles. The van der Waals surface area contributed by atoms with Gasteiger partial charge >= 0.3 is 0 Å². The third-order valence-electron chi connectivity index (χ3n) is 3.93. The quantitative estimate of drug-likeness (QED) is 0.726. The Labute approximate surface area is 161 Å². The van der Waals surface area contributed by atoms with Crippen LogP contribution in [0.4, 0.5) is 0 Å². The van der Waals surface area contributed by atoms with E-state index in [1.165, 1.54) is 24.3 Å². The minimum absolute atomic E-state index is 0.136. The van der Waals surface area contributed by atoms with Crippen molar-refractivity contribution in [3.63, 3.8) is 0 Å². The van der Waals surface area contributed by atoms with E-state index in [1.54, 1.807) is 21.0 Å². The van der Waals surface area contributed by atoms with Gasteiger partial charge in [-0.3, -0.25) is 4.79 Å². The second-order valence-corrected chi connectivity index (χ2v) is 8.34. The number of ether oxygens (including phenoxy) is 1. The van der Waals surface area contributed by atoms with Crippen molar-refractivity contribution in [2.24, 2.45) is 0 Å². The van der Waals surface area contributed by atoms with Crippen molar-refractivity contribution in [1.29, 1.82) is 0 Å². The zero-order valence-electron chi connectivity index (χ0n) is 16.1. The summed E-state index contributed by atoms with van der Waals surface area (Å²) in [5.41, 5.74) is 2.57. The van der Waals surface area contributed by atoms with Gasteiger partial charge in [-0.15, -0.1) is 0 Å². The highest BCUT2D eigenvalue weighted by Crippen LogP contribution is 2.19. The minimum Gasteiger partial charge on any atom is -0.496 e. The lowest BCUT2D eigenvalue weighted by Crippen LogP contribution is -2.30. The molecule has 0 atom stereocenters. The molecule has 2 aromatic rings. The third kappa shape index (κ3) is 5.80. The van der Waals surface area contributed by atoms with Crippen molar-refractivity contribution in [2.75, 3.05) is 13.7 Å². The Morgan fingerprint density at radius 3 is 2.37 bits per heavy atom. The van der Waals surface area contributed by atoms with E-state index in [1.807, 2.05) is 25.1 Å². The highest BCUT2D eigenvalue weighted by molar-refractivity contribution is 7.89. The van der Waals surface area contributed by atoms with Gasteiger partial charge < -0.3 is 10.1 Å². The summed E-state index contributed by atoms with van der Waals surface area (Å²) in [7, 11) is -1.94. The van der Waals surface area contributed by atoms with E-state index in [0.29, 0.717) is 18.5 Å². The van der Waals surface area contributed by atoms with Gasteiger partial charge in [0.05, 0.1) is 12.0 Å². The van der Waals surface area contributed by atoms with Gasteiger partial charge in [0.1, 0.15) is 5.75 Å². The Kier molecular flexibility index (Phi) is 6.98. The summed E-state index contributed by atoms with van der Waals surface area (Å²) in [4.78, 5) is 12.4.